The monoisotopic (exact) mass is 274 g/mol. The second kappa shape index (κ2) is 5.07. The van der Waals surface area contributed by atoms with Crippen LogP contribution in [0.4, 0.5) is 4.39 Å². The lowest BCUT2D eigenvalue weighted by molar-refractivity contribution is -0.145. The fourth-order valence-corrected chi connectivity index (χ4v) is 2.73. The molecular weight excluding hydrogens is 259 g/mol. The third kappa shape index (κ3) is 2.09. The van der Waals surface area contributed by atoms with E-state index in [0.717, 1.165) is 25.0 Å². The van der Waals surface area contributed by atoms with Crippen molar-refractivity contribution in [2.75, 3.05) is 7.11 Å². The van der Waals surface area contributed by atoms with Gasteiger partial charge in [-0.05, 0) is 31.4 Å². The van der Waals surface area contributed by atoms with E-state index in [9.17, 15) is 9.18 Å². The number of hydrogen-bond donors (Lipinski definition) is 0. The van der Waals surface area contributed by atoms with Gasteiger partial charge < -0.3 is 9.30 Å². The molecule has 2 heterocycles. The van der Waals surface area contributed by atoms with Crippen LogP contribution in [-0.4, -0.2) is 22.6 Å². The van der Waals surface area contributed by atoms with E-state index >= 15 is 0 Å². The fourth-order valence-electron chi connectivity index (χ4n) is 2.73. The molecule has 20 heavy (non-hydrogen) atoms. The number of fused-ring (bicyclic) bond motifs is 1. The van der Waals surface area contributed by atoms with Crippen LogP contribution in [-0.2, 0) is 16.0 Å². The summed E-state index contributed by atoms with van der Waals surface area (Å²) in [5, 5.41) is 0. The predicted octanol–water partition coefficient (Wildman–Crippen LogP) is 2.74. The molecule has 0 bridgehead atoms. The predicted molar refractivity (Wildman–Crippen MR) is 71.6 cm³/mol. The molecule has 4 nitrogen and oxygen atoms in total. The summed E-state index contributed by atoms with van der Waals surface area (Å²) in [6, 6.07) is 5.88. The van der Waals surface area contributed by atoms with Crippen LogP contribution in [0, 0.1) is 5.82 Å². The van der Waals surface area contributed by atoms with Crippen LogP contribution in [0.2, 0.25) is 0 Å². The highest BCUT2D eigenvalue weighted by atomic mass is 19.1. The van der Waals surface area contributed by atoms with E-state index in [-0.39, 0.29) is 17.8 Å². The van der Waals surface area contributed by atoms with Crippen molar-refractivity contribution in [2.45, 2.75) is 25.3 Å². The Hall–Kier alpha value is -2.17. The molecule has 1 aromatic carbocycles. The van der Waals surface area contributed by atoms with Crippen molar-refractivity contribution in [3.63, 3.8) is 0 Å². The minimum absolute atomic E-state index is 0.276. The fraction of sp³-hybridized carbons (Fsp3) is 0.333. The maximum Gasteiger partial charge on any atom is 0.328 e. The summed E-state index contributed by atoms with van der Waals surface area (Å²) in [5.74, 6) is 0.0291. The largest absolute Gasteiger partial charge is 0.467 e. The summed E-state index contributed by atoms with van der Waals surface area (Å²) in [6.07, 6.45) is 4.28. The Kier molecular flexibility index (Phi) is 3.26. The molecule has 0 saturated carbocycles. The topological polar surface area (TPSA) is 44.1 Å². The van der Waals surface area contributed by atoms with Crippen molar-refractivity contribution in [3.05, 3.63) is 42.0 Å². The van der Waals surface area contributed by atoms with Crippen LogP contribution in [0.15, 0.2) is 30.5 Å². The minimum Gasteiger partial charge on any atom is -0.467 e. The zero-order valence-corrected chi connectivity index (χ0v) is 11.2. The zero-order chi connectivity index (χ0) is 14.1. The van der Waals surface area contributed by atoms with Crippen molar-refractivity contribution in [1.29, 1.82) is 0 Å². The Morgan fingerprint density at radius 1 is 1.50 bits per heavy atom. The minimum atomic E-state index is -0.371. The normalized spacial score (nSPS) is 17.6. The molecule has 0 saturated heterocycles. The number of aromatic nitrogens is 2. The Morgan fingerprint density at radius 2 is 2.35 bits per heavy atom. The number of ether oxygens (including phenoxy) is 1. The third-order valence-electron chi connectivity index (χ3n) is 3.65. The highest BCUT2D eigenvalue weighted by molar-refractivity contribution is 5.75. The number of esters is 1. The molecule has 1 aliphatic heterocycles. The van der Waals surface area contributed by atoms with Gasteiger partial charge in [-0.3, -0.25) is 0 Å². The lowest BCUT2D eigenvalue weighted by atomic mass is 10.0. The zero-order valence-electron chi connectivity index (χ0n) is 11.2. The first-order valence-corrected chi connectivity index (χ1v) is 6.60. The van der Waals surface area contributed by atoms with Gasteiger partial charge in [0.25, 0.3) is 0 Å². The van der Waals surface area contributed by atoms with E-state index in [1.807, 2.05) is 4.57 Å². The van der Waals surface area contributed by atoms with Crippen molar-refractivity contribution >= 4 is 5.97 Å². The van der Waals surface area contributed by atoms with Crippen molar-refractivity contribution < 1.29 is 13.9 Å². The van der Waals surface area contributed by atoms with Gasteiger partial charge in [0.15, 0.2) is 0 Å². The molecular formula is C15H15FN2O2. The molecule has 0 spiro atoms. The number of nitrogens with zero attached hydrogens (tertiary/aromatic N) is 2. The molecule has 104 valence electrons. The van der Waals surface area contributed by atoms with Gasteiger partial charge in [0.2, 0.25) is 0 Å². The van der Waals surface area contributed by atoms with E-state index in [2.05, 4.69) is 4.98 Å². The van der Waals surface area contributed by atoms with E-state index in [0.29, 0.717) is 11.4 Å². The quantitative estimate of drug-likeness (QED) is 0.791. The number of aryl methyl sites for hydroxylation is 1. The molecule has 0 fully saturated rings. The Morgan fingerprint density at radius 3 is 3.10 bits per heavy atom. The highest BCUT2D eigenvalue weighted by Crippen LogP contribution is 2.32. The van der Waals surface area contributed by atoms with Gasteiger partial charge in [0.05, 0.1) is 7.11 Å². The van der Waals surface area contributed by atoms with E-state index in [1.54, 1.807) is 18.3 Å². The number of carbonyl (C=O) groups excluding carboxylic acids is 1. The number of hydrogen-bond acceptors (Lipinski definition) is 3. The lowest BCUT2D eigenvalue weighted by Gasteiger charge is -2.25. The van der Waals surface area contributed by atoms with Gasteiger partial charge in [0, 0.05) is 17.5 Å². The van der Waals surface area contributed by atoms with Gasteiger partial charge in [-0.25, -0.2) is 14.2 Å². The average Bonchev–Trinajstić information content (AvgIpc) is 2.90. The summed E-state index contributed by atoms with van der Waals surface area (Å²) in [6.45, 7) is 0. The second-order valence-electron chi connectivity index (χ2n) is 4.88. The standard InChI is InChI=1S/C15H15FN2O2/c1-20-15(19)13-7-3-6-12-9-17-14(18(12)13)10-4-2-5-11(16)8-10/h2,4-5,8-9,13H,3,6-7H2,1H3. The van der Waals surface area contributed by atoms with E-state index in [1.165, 1.54) is 19.2 Å². The molecule has 1 aliphatic rings. The Labute approximate surface area is 116 Å². The molecule has 5 heteroatoms. The average molecular weight is 274 g/mol. The molecule has 3 rings (SSSR count). The maximum absolute atomic E-state index is 13.4. The first-order chi connectivity index (χ1) is 9.70. The maximum atomic E-state index is 13.4. The van der Waals surface area contributed by atoms with E-state index < -0.39 is 0 Å². The summed E-state index contributed by atoms with van der Waals surface area (Å²) < 4.78 is 20.1. The molecule has 0 aliphatic carbocycles. The van der Waals surface area contributed by atoms with Gasteiger partial charge >= 0.3 is 5.97 Å². The van der Waals surface area contributed by atoms with Crippen molar-refractivity contribution in [3.8, 4) is 11.4 Å². The smallest absolute Gasteiger partial charge is 0.328 e. The van der Waals surface area contributed by atoms with Gasteiger partial charge in [-0.15, -0.1) is 0 Å². The number of benzene rings is 1. The number of methoxy groups -OCH3 is 1. The van der Waals surface area contributed by atoms with Crippen LogP contribution in [0.5, 0.6) is 0 Å². The summed E-state index contributed by atoms with van der Waals surface area (Å²) in [5.41, 5.74) is 1.66. The molecule has 2 aromatic rings. The number of rotatable bonds is 2. The van der Waals surface area contributed by atoms with Gasteiger partial charge in [-0.2, -0.15) is 0 Å². The van der Waals surface area contributed by atoms with Gasteiger partial charge in [0.1, 0.15) is 17.7 Å². The number of halogens is 1. The second-order valence-corrected chi connectivity index (χ2v) is 4.88. The van der Waals surface area contributed by atoms with Crippen LogP contribution in [0.25, 0.3) is 11.4 Å². The van der Waals surface area contributed by atoms with E-state index in [4.69, 9.17) is 4.74 Å². The summed E-state index contributed by atoms with van der Waals surface area (Å²) >= 11 is 0. The molecule has 1 atom stereocenters. The first-order valence-electron chi connectivity index (χ1n) is 6.60. The van der Waals surface area contributed by atoms with Crippen LogP contribution >= 0.6 is 0 Å². The number of imidazole rings is 1. The molecule has 0 radical (unpaired) electrons. The summed E-state index contributed by atoms with van der Waals surface area (Å²) in [4.78, 5) is 16.3. The Balaban J connectivity index is 2.10. The molecule has 1 aromatic heterocycles. The third-order valence-corrected chi connectivity index (χ3v) is 3.65. The van der Waals surface area contributed by atoms with Gasteiger partial charge in [-0.1, -0.05) is 12.1 Å². The van der Waals surface area contributed by atoms with Crippen LogP contribution in [0.1, 0.15) is 24.6 Å². The lowest BCUT2D eigenvalue weighted by Crippen LogP contribution is -2.26. The van der Waals surface area contributed by atoms with Crippen molar-refractivity contribution in [2.24, 2.45) is 0 Å². The molecule has 0 N–H and O–H groups in total. The number of carbonyl (C=O) groups is 1. The Bertz CT molecular complexity index is 651. The van der Waals surface area contributed by atoms with Crippen molar-refractivity contribution in [1.82, 2.24) is 9.55 Å². The SMILES string of the molecule is COC(=O)C1CCCc2cnc(-c3cccc(F)c3)n21. The highest BCUT2D eigenvalue weighted by Gasteiger charge is 2.29. The molecule has 1 unspecified atom stereocenters. The van der Waals surface area contributed by atoms with Crippen LogP contribution < -0.4 is 0 Å². The van der Waals surface area contributed by atoms with Crippen LogP contribution in [0.3, 0.4) is 0 Å². The first kappa shape index (κ1) is 12.8. The molecule has 0 amide bonds. The summed E-state index contributed by atoms with van der Waals surface area (Å²) in [7, 11) is 1.38.